The first-order chi connectivity index (χ1) is 8.70. The van der Waals surface area contributed by atoms with Crippen molar-refractivity contribution in [3.8, 4) is 0 Å². The van der Waals surface area contributed by atoms with Gasteiger partial charge in [-0.15, -0.1) is 0 Å². The van der Waals surface area contributed by atoms with Crippen molar-refractivity contribution in [2.75, 3.05) is 14.1 Å². The Morgan fingerprint density at radius 3 is 1.50 bits per heavy atom. The second-order valence-corrected chi connectivity index (χ2v) is 4.33. The quantitative estimate of drug-likeness (QED) is 0.828. The van der Waals surface area contributed by atoms with E-state index in [1.54, 1.807) is 4.90 Å². The van der Waals surface area contributed by atoms with Crippen LogP contribution in [-0.2, 0) is 0 Å². The van der Waals surface area contributed by atoms with Gasteiger partial charge in [0.05, 0.1) is 0 Å². The highest BCUT2D eigenvalue weighted by Gasteiger charge is 2.12. The van der Waals surface area contributed by atoms with E-state index in [-0.39, 0.29) is 5.88 Å². The Labute approximate surface area is 108 Å². The molecule has 0 aromatic heterocycles. The predicted octanol–water partition coefficient (Wildman–Crippen LogP) is 3.52. The zero-order chi connectivity index (χ0) is 13.0. The molecule has 0 aliphatic rings. The Morgan fingerprint density at radius 2 is 1.17 bits per heavy atom. The molecule has 18 heavy (non-hydrogen) atoms. The van der Waals surface area contributed by atoms with Gasteiger partial charge in [-0.25, -0.2) is 0 Å². The summed E-state index contributed by atoms with van der Waals surface area (Å²) in [7, 11) is 3.67. The van der Waals surface area contributed by atoms with Crippen LogP contribution in [0.15, 0.2) is 66.5 Å². The van der Waals surface area contributed by atoms with E-state index in [1.807, 2.05) is 74.8 Å². The summed E-state index contributed by atoms with van der Waals surface area (Å²) in [5.41, 5.74) is 2.87. The smallest absolute Gasteiger partial charge is 0.194 e. The monoisotopic (exact) mass is 239 g/mol. The van der Waals surface area contributed by atoms with Crippen molar-refractivity contribution in [1.82, 2.24) is 4.90 Å². The highest BCUT2D eigenvalue weighted by atomic mass is 16.3. The summed E-state index contributed by atoms with van der Waals surface area (Å²) in [6.07, 6.45) is 0. The molecule has 0 spiro atoms. The minimum absolute atomic E-state index is 0.271. The molecule has 2 heteroatoms. The number of hydrogen-bond donors (Lipinski definition) is 1. The molecule has 2 aromatic rings. The average Bonchev–Trinajstić information content (AvgIpc) is 2.41. The minimum atomic E-state index is 0.271. The van der Waals surface area contributed by atoms with Crippen LogP contribution < -0.4 is 0 Å². The van der Waals surface area contributed by atoms with Crippen LogP contribution in [-0.4, -0.2) is 24.1 Å². The van der Waals surface area contributed by atoms with E-state index in [0.717, 1.165) is 16.7 Å². The maximum Gasteiger partial charge on any atom is 0.194 e. The minimum Gasteiger partial charge on any atom is -0.494 e. The van der Waals surface area contributed by atoms with Gasteiger partial charge in [-0.3, -0.25) is 0 Å². The molecule has 2 nitrogen and oxygen atoms in total. The van der Waals surface area contributed by atoms with Crippen molar-refractivity contribution in [2.24, 2.45) is 0 Å². The maximum atomic E-state index is 10.3. The highest BCUT2D eigenvalue weighted by Crippen LogP contribution is 2.26. The highest BCUT2D eigenvalue weighted by molar-refractivity contribution is 5.80. The zero-order valence-corrected chi connectivity index (χ0v) is 10.7. The number of rotatable bonds is 3. The molecular formula is C16H17NO. The third kappa shape index (κ3) is 2.54. The number of aliphatic hydroxyl groups excluding tert-OH is 1. The summed E-state index contributed by atoms with van der Waals surface area (Å²) in [4.78, 5) is 1.72. The van der Waals surface area contributed by atoms with Crippen molar-refractivity contribution < 1.29 is 5.11 Å². The fourth-order valence-electron chi connectivity index (χ4n) is 1.86. The molecule has 0 radical (unpaired) electrons. The summed E-state index contributed by atoms with van der Waals surface area (Å²) in [6, 6.07) is 19.8. The second-order valence-electron chi connectivity index (χ2n) is 4.33. The Hall–Kier alpha value is -2.22. The molecule has 0 fully saturated rings. The van der Waals surface area contributed by atoms with Crippen LogP contribution in [0.3, 0.4) is 0 Å². The molecule has 0 amide bonds. The molecule has 0 aliphatic carbocycles. The fourth-order valence-corrected chi connectivity index (χ4v) is 1.86. The Balaban J connectivity index is 2.60. The molecule has 92 valence electrons. The Bertz CT molecular complexity index is 488. The molecule has 0 unspecified atom stereocenters. The summed E-state index contributed by atoms with van der Waals surface area (Å²) < 4.78 is 0. The van der Waals surface area contributed by atoms with Crippen LogP contribution in [0.1, 0.15) is 11.1 Å². The first-order valence-electron chi connectivity index (χ1n) is 5.91. The molecule has 0 bridgehead atoms. The largest absolute Gasteiger partial charge is 0.494 e. The van der Waals surface area contributed by atoms with Crippen molar-refractivity contribution in [1.29, 1.82) is 0 Å². The summed E-state index contributed by atoms with van der Waals surface area (Å²) in [5, 5.41) is 10.3. The predicted molar refractivity (Wildman–Crippen MR) is 75.2 cm³/mol. The average molecular weight is 239 g/mol. The Morgan fingerprint density at radius 1 is 0.778 bits per heavy atom. The summed E-state index contributed by atoms with van der Waals surface area (Å²) in [6.45, 7) is 0. The standard InChI is InChI=1S/C16H17NO/c1-17(2)16(18)15(13-9-5-3-6-10-13)14-11-7-4-8-12-14/h3-12,18H,1-2H3. The van der Waals surface area contributed by atoms with Gasteiger partial charge in [0.15, 0.2) is 5.88 Å². The number of hydrogen-bond acceptors (Lipinski definition) is 2. The van der Waals surface area contributed by atoms with E-state index in [4.69, 9.17) is 0 Å². The molecule has 2 rings (SSSR count). The number of aliphatic hydroxyl groups is 1. The van der Waals surface area contributed by atoms with Gasteiger partial charge in [-0.05, 0) is 11.1 Å². The van der Waals surface area contributed by atoms with Gasteiger partial charge < -0.3 is 10.0 Å². The molecule has 1 N–H and O–H groups in total. The van der Waals surface area contributed by atoms with E-state index in [0.29, 0.717) is 0 Å². The lowest BCUT2D eigenvalue weighted by Crippen LogP contribution is -2.13. The molecule has 2 aromatic carbocycles. The lowest BCUT2D eigenvalue weighted by atomic mass is 9.98. The summed E-state index contributed by atoms with van der Waals surface area (Å²) in [5.74, 6) is 0.271. The van der Waals surface area contributed by atoms with Crippen molar-refractivity contribution in [3.63, 3.8) is 0 Å². The molecule has 0 saturated carbocycles. The van der Waals surface area contributed by atoms with Crippen molar-refractivity contribution in [3.05, 3.63) is 77.7 Å². The number of benzene rings is 2. The van der Waals surface area contributed by atoms with Gasteiger partial charge in [-0.2, -0.15) is 0 Å². The van der Waals surface area contributed by atoms with Gasteiger partial charge in [0.25, 0.3) is 0 Å². The van der Waals surface area contributed by atoms with E-state index in [9.17, 15) is 5.11 Å². The zero-order valence-electron chi connectivity index (χ0n) is 10.7. The fraction of sp³-hybridized carbons (Fsp3) is 0.125. The molecule has 0 saturated heterocycles. The van der Waals surface area contributed by atoms with E-state index >= 15 is 0 Å². The summed E-state index contributed by atoms with van der Waals surface area (Å²) >= 11 is 0. The van der Waals surface area contributed by atoms with Crippen molar-refractivity contribution >= 4 is 5.57 Å². The molecule has 0 aliphatic heterocycles. The topological polar surface area (TPSA) is 23.5 Å². The second kappa shape index (κ2) is 5.41. The molecule has 0 atom stereocenters. The third-order valence-electron chi connectivity index (χ3n) is 2.77. The van der Waals surface area contributed by atoms with Gasteiger partial charge >= 0.3 is 0 Å². The van der Waals surface area contributed by atoms with Crippen molar-refractivity contribution in [2.45, 2.75) is 0 Å². The molecular weight excluding hydrogens is 222 g/mol. The maximum absolute atomic E-state index is 10.3. The lowest BCUT2D eigenvalue weighted by molar-refractivity contribution is 0.267. The van der Waals surface area contributed by atoms with Crippen LogP contribution >= 0.6 is 0 Å². The van der Waals surface area contributed by atoms with Gasteiger partial charge in [-0.1, -0.05) is 60.7 Å². The Kier molecular flexibility index (Phi) is 3.68. The van der Waals surface area contributed by atoms with Gasteiger partial charge in [0, 0.05) is 19.7 Å². The first kappa shape index (κ1) is 12.2. The van der Waals surface area contributed by atoms with E-state index < -0.39 is 0 Å². The lowest BCUT2D eigenvalue weighted by Gasteiger charge is -2.17. The van der Waals surface area contributed by atoms with Crippen LogP contribution in [0.2, 0.25) is 0 Å². The van der Waals surface area contributed by atoms with Gasteiger partial charge in [0.1, 0.15) is 0 Å². The van der Waals surface area contributed by atoms with Crippen LogP contribution in [0.4, 0.5) is 0 Å². The van der Waals surface area contributed by atoms with E-state index in [2.05, 4.69) is 0 Å². The van der Waals surface area contributed by atoms with E-state index in [1.165, 1.54) is 0 Å². The SMILES string of the molecule is CN(C)C(O)=C(c1ccccc1)c1ccccc1. The van der Waals surface area contributed by atoms with Gasteiger partial charge in [0.2, 0.25) is 0 Å². The van der Waals surface area contributed by atoms with Crippen LogP contribution in [0.25, 0.3) is 5.57 Å². The first-order valence-corrected chi connectivity index (χ1v) is 5.91. The third-order valence-corrected chi connectivity index (χ3v) is 2.77. The number of nitrogens with zero attached hydrogens (tertiary/aromatic N) is 1. The van der Waals surface area contributed by atoms with Crippen LogP contribution in [0, 0.1) is 0 Å². The molecule has 0 heterocycles. The van der Waals surface area contributed by atoms with Crippen LogP contribution in [0.5, 0.6) is 0 Å². The normalized spacial score (nSPS) is 9.89.